The maximum atomic E-state index is 2.54. The molecule has 0 radical (unpaired) electrons. The second kappa shape index (κ2) is 7.21. The van der Waals surface area contributed by atoms with E-state index in [1.165, 1.54) is 50.1 Å². The second-order valence-electron chi connectivity index (χ2n) is 12.7. The molecule has 0 heterocycles. The zero-order valence-corrected chi connectivity index (χ0v) is 22.2. The summed E-state index contributed by atoms with van der Waals surface area (Å²) in [5.74, 6) is 0.875. The van der Waals surface area contributed by atoms with E-state index in [9.17, 15) is 0 Å². The smallest absolute Gasteiger partial charge is 0.0139 e. The van der Waals surface area contributed by atoms with Gasteiger partial charge in [-0.25, -0.2) is 0 Å². The number of hydrogen-bond acceptors (Lipinski definition) is 0. The molecule has 2 aromatic carbocycles. The van der Waals surface area contributed by atoms with Crippen LogP contribution in [-0.2, 0) is 10.8 Å². The first-order valence-corrected chi connectivity index (χ1v) is 12.3. The van der Waals surface area contributed by atoms with Crippen LogP contribution >= 0.6 is 0 Å². The first-order chi connectivity index (χ1) is 14.7. The third-order valence-electron chi connectivity index (χ3n) is 8.72. The maximum absolute atomic E-state index is 2.54. The summed E-state index contributed by atoms with van der Waals surface area (Å²) in [4.78, 5) is 0. The van der Waals surface area contributed by atoms with Crippen molar-refractivity contribution < 1.29 is 0 Å². The van der Waals surface area contributed by atoms with Crippen molar-refractivity contribution in [3.05, 3.63) is 81.4 Å². The van der Waals surface area contributed by atoms with Gasteiger partial charge in [-0.3, -0.25) is 0 Å². The number of rotatable bonds is 2. The molecule has 0 fully saturated rings. The third-order valence-corrected chi connectivity index (χ3v) is 8.72. The Morgan fingerprint density at radius 2 is 1.19 bits per heavy atom. The van der Waals surface area contributed by atoms with Crippen LogP contribution < -0.4 is 0 Å². The highest BCUT2D eigenvalue weighted by Gasteiger charge is 2.44. The molecule has 0 saturated heterocycles. The van der Waals surface area contributed by atoms with Crippen LogP contribution in [0.1, 0.15) is 104 Å². The van der Waals surface area contributed by atoms with Crippen LogP contribution in [0.25, 0.3) is 11.1 Å². The minimum Gasteiger partial charge on any atom is -0.0710 e. The molecule has 0 heteroatoms. The summed E-state index contributed by atoms with van der Waals surface area (Å²) in [5, 5.41) is 0. The Morgan fingerprint density at radius 1 is 0.750 bits per heavy atom. The molecular formula is C32H42. The van der Waals surface area contributed by atoms with Crippen molar-refractivity contribution in [1.29, 1.82) is 0 Å². The summed E-state index contributed by atoms with van der Waals surface area (Å²) in [6.45, 7) is 25.8. The van der Waals surface area contributed by atoms with Gasteiger partial charge in [0.15, 0.2) is 0 Å². The fraction of sp³-hybridized carbons (Fsp3) is 0.500. The molecule has 170 valence electrons. The van der Waals surface area contributed by atoms with E-state index < -0.39 is 0 Å². The van der Waals surface area contributed by atoms with E-state index in [0.29, 0.717) is 11.8 Å². The Kier molecular flexibility index (Phi) is 5.20. The van der Waals surface area contributed by atoms with Crippen molar-refractivity contribution in [1.82, 2.24) is 0 Å². The molecule has 2 atom stereocenters. The predicted octanol–water partition coefficient (Wildman–Crippen LogP) is 9.33. The molecular weight excluding hydrogens is 384 g/mol. The highest BCUT2D eigenvalue weighted by Crippen LogP contribution is 2.57. The van der Waals surface area contributed by atoms with Crippen molar-refractivity contribution in [2.75, 3.05) is 0 Å². The fourth-order valence-electron chi connectivity index (χ4n) is 5.96. The average molecular weight is 427 g/mol. The zero-order valence-electron chi connectivity index (χ0n) is 22.2. The van der Waals surface area contributed by atoms with Crippen LogP contribution in [-0.4, -0.2) is 0 Å². The first kappa shape index (κ1) is 23.1. The van der Waals surface area contributed by atoms with Crippen molar-refractivity contribution >= 4 is 0 Å². The Labute approximate surface area is 196 Å². The highest BCUT2D eigenvalue weighted by atomic mass is 14.5. The molecule has 2 aliphatic carbocycles. The third kappa shape index (κ3) is 3.42. The van der Waals surface area contributed by atoms with Crippen LogP contribution in [0.5, 0.6) is 0 Å². The molecule has 0 nitrogen and oxygen atoms in total. The van der Waals surface area contributed by atoms with Gasteiger partial charge in [-0.05, 0) is 76.5 Å². The van der Waals surface area contributed by atoms with Gasteiger partial charge in [-0.2, -0.15) is 0 Å². The SMILES string of the molecule is CC1=CC(C)(C(C)C2c3cc(C(C)(C)C)ccc3-c3ccc(C(C)(C)C)cc32)C(C)=C1C. The van der Waals surface area contributed by atoms with E-state index in [1.54, 1.807) is 0 Å². The van der Waals surface area contributed by atoms with E-state index in [4.69, 9.17) is 0 Å². The maximum Gasteiger partial charge on any atom is 0.0139 e. The van der Waals surface area contributed by atoms with Crippen molar-refractivity contribution in [3.63, 3.8) is 0 Å². The molecule has 2 aliphatic rings. The number of allylic oxidation sites excluding steroid dienone is 4. The van der Waals surface area contributed by atoms with Crippen LogP contribution in [0, 0.1) is 11.3 Å². The quantitative estimate of drug-likeness (QED) is 0.448. The molecule has 32 heavy (non-hydrogen) atoms. The van der Waals surface area contributed by atoms with Crippen molar-refractivity contribution in [2.24, 2.45) is 11.3 Å². The average Bonchev–Trinajstić information content (AvgIpc) is 3.12. The van der Waals surface area contributed by atoms with Gasteiger partial charge in [0.25, 0.3) is 0 Å². The van der Waals surface area contributed by atoms with Gasteiger partial charge >= 0.3 is 0 Å². The monoisotopic (exact) mass is 426 g/mol. The molecule has 2 unspecified atom stereocenters. The van der Waals surface area contributed by atoms with Crippen molar-refractivity contribution in [3.8, 4) is 11.1 Å². The lowest BCUT2D eigenvalue weighted by Crippen LogP contribution is -2.28. The minimum absolute atomic E-state index is 0.0766. The number of hydrogen-bond donors (Lipinski definition) is 0. The lowest BCUT2D eigenvalue weighted by molar-refractivity contribution is 0.306. The molecule has 0 spiro atoms. The minimum atomic E-state index is 0.0766. The van der Waals surface area contributed by atoms with Gasteiger partial charge in [0, 0.05) is 11.3 Å². The van der Waals surface area contributed by atoms with Gasteiger partial charge in [-0.15, -0.1) is 0 Å². The van der Waals surface area contributed by atoms with E-state index in [0.717, 1.165) is 0 Å². The van der Waals surface area contributed by atoms with Gasteiger partial charge < -0.3 is 0 Å². The molecule has 0 saturated carbocycles. The molecule has 0 amide bonds. The van der Waals surface area contributed by atoms with Crippen molar-refractivity contribution in [2.45, 2.75) is 92.9 Å². The van der Waals surface area contributed by atoms with Crippen LogP contribution in [0.15, 0.2) is 59.2 Å². The van der Waals surface area contributed by atoms with E-state index in [-0.39, 0.29) is 16.2 Å². The topological polar surface area (TPSA) is 0 Å². The molecule has 0 bridgehead atoms. The number of fused-ring (bicyclic) bond motifs is 3. The summed E-state index contributed by atoms with van der Waals surface area (Å²) >= 11 is 0. The Morgan fingerprint density at radius 3 is 1.53 bits per heavy atom. The van der Waals surface area contributed by atoms with Gasteiger partial charge in [0.1, 0.15) is 0 Å². The summed E-state index contributed by atoms with van der Waals surface area (Å²) < 4.78 is 0. The van der Waals surface area contributed by atoms with Gasteiger partial charge in [0.2, 0.25) is 0 Å². The van der Waals surface area contributed by atoms with Gasteiger partial charge in [-0.1, -0.05) is 109 Å². The Balaban J connectivity index is 1.96. The lowest BCUT2D eigenvalue weighted by atomic mass is 9.66. The highest BCUT2D eigenvalue weighted by molar-refractivity contribution is 5.80. The lowest BCUT2D eigenvalue weighted by Gasteiger charge is -2.38. The Bertz CT molecular complexity index is 1080. The zero-order chi connectivity index (χ0) is 23.8. The molecule has 0 N–H and O–H groups in total. The number of benzene rings is 2. The molecule has 0 aliphatic heterocycles. The van der Waals surface area contributed by atoms with E-state index in [1.807, 2.05) is 0 Å². The Hall–Kier alpha value is -2.08. The molecule has 2 aromatic rings. The van der Waals surface area contributed by atoms with Crippen LogP contribution in [0.3, 0.4) is 0 Å². The van der Waals surface area contributed by atoms with Crippen LogP contribution in [0.4, 0.5) is 0 Å². The first-order valence-electron chi connectivity index (χ1n) is 12.3. The van der Waals surface area contributed by atoms with Crippen LogP contribution in [0.2, 0.25) is 0 Å². The van der Waals surface area contributed by atoms with E-state index in [2.05, 4.69) is 119 Å². The second-order valence-corrected chi connectivity index (χ2v) is 12.7. The summed E-state index contributed by atoms with van der Waals surface area (Å²) in [6.07, 6.45) is 2.54. The molecule has 0 aromatic heterocycles. The van der Waals surface area contributed by atoms with Gasteiger partial charge in [0.05, 0.1) is 0 Å². The standard InChI is InChI=1S/C32H42/c1-19-18-32(11,21(3)20(19)2)22(4)29-27-16-23(30(5,6)7)12-14-25(27)26-15-13-24(17-28(26)29)31(8,9)10/h12-18,22,29H,1-11H3. The fourth-order valence-corrected chi connectivity index (χ4v) is 5.96. The largest absolute Gasteiger partial charge is 0.0710 e. The summed E-state index contributed by atoms with van der Waals surface area (Å²) in [5.41, 5.74) is 13.6. The van der Waals surface area contributed by atoms with E-state index >= 15 is 0 Å². The summed E-state index contributed by atoms with van der Waals surface area (Å²) in [6, 6.07) is 14.5. The molecule has 4 rings (SSSR count). The predicted molar refractivity (Wildman–Crippen MR) is 141 cm³/mol. The summed E-state index contributed by atoms with van der Waals surface area (Å²) in [7, 11) is 0. The normalized spacial score (nSPS) is 22.2.